The van der Waals surface area contributed by atoms with Crippen LogP contribution in [0, 0.1) is 5.82 Å². The Morgan fingerprint density at radius 2 is 1.87 bits per heavy atom. The minimum atomic E-state index is -0.317. The van der Waals surface area contributed by atoms with Gasteiger partial charge < -0.3 is 0 Å². The number of benzene rings is 2. The molecule has 5 heteroatoms. The predicted molar refractivity (Wildman–Crippen MR) is 93.4 cm³/mol. The van der Waals surface area contributed by atoms with Crippen molar-refractivity contribution in [1.29, 1.82) is 0 Å². The van der Waals surface area contributed by atoms with Crippen LogP contribution in [0.4, 0.5) is 4.39 Å². The average Bonchev–Trinajstić information content (AvgIpc) is 2.85. The quantitative estimate of drug-likeness (QED) is 0.654. The van der Waals surface area contributed by atoms with Gasteiger partial charge in [0.25, 0.3) is 5.56 Å². The molecule has 0 saturated carbocycles. The van der Waals surface area contributed by atoms with Gasteiger partial charge in [-0.05, 0) is 48.4 Å². The highest BCUT2D eigenvalue weighted by atomic mass is 79.9. The lowest BCUT2D eigenvalue weighted by molar-refractivity contribution is 0.535. The molecule has 0 radical (unpaired) electrons. The number of nitrogens with zero attached hydrogens (tertiary/aromatic N) is 2. The average molecular weight is 375 g/mol. The molecule has 3 rings (SSSR count). The maximum atomic E-state index is 13.2. The summed E-state index contributed by atoms with van der Waals surface area (Å²) in [6, 6.07) is 13.6. The third kappa shape index (κ3) is 3.15. The standard InChI is InChI=1S/C18H16BrFN2O/c1-2-10-21-12-17(13-4-3-5-14(19)11-13)18(23)22(21)16-8-6-15(20)7-9-16/h3-9,11-12H,2,10H2,1H3. The predicted octanol–water partition coefficient (Wildman–Crippen LogP) is 4.62. The minimum absolute atomic E-state index is 0.108. The molecule has 0 amide bonds. The molecule has 0 aliphatic heterocycles. The lowest BCUT2D eigenvalue weighted by atomic mass is 10.1. The fraction of sp³-hybridized carbons (Fsp3) is 0.167. The van der Waals surface area contributed by atoms with E-state index in [2.05, 4.69) is 22.9 Å². The van der Waals surface area contributed by atoms with Gasteiger partial charge in [0, 0.05) is 17.2 Å². The zero-order valence-corrected chi connectivity index (χ0v) is 14.3. The Balaban J connectivity index is 2.19. The van der Waals surface area contributed by atoms with E-state index in [1.807, 2.05) is 35.1 Å². The molecule has 0 unspecified atom stereocenters. The molecule has 0 aliphatic carbocycles. The number of hydrogen-bond acceptors (Lipinski definition) is 1. The zero-order valence-electron chi connectivity index (χ0n) is 12.7. The number of halogens is 2. The van der Waals surface area contributed by atoms with E-state index in [1.165, 1.54) is 12.1 Å². The van der Waals surface area contributed by atoms with Crippen LogP contribution in [0.15, 0.2) is 64.0 Å². The molecule has 0 saturated heterocycles. The maximum Gasteiger partial charge on any atom is 0.279 e. The summed E-state index contributed by atoms with van der Waals surface area (Å²) in [5, 5.41) is 0. The molecular weight excluding hydrogens is 359 g/mol. The van der Waals surface area contributed by atoms with Crippen LogP contribution in [-0.2, 0) is 6.54 Å². The largest absolute Gasteiger partial charge is 0.285 e. The Morgan fingerprint density at radius 3 is 2.52 bits per heavy atom. The molecule has 0 bridgehead atoms. The van der Waals surface area contributed by atoms with Crippen molar-refractivity contribution in [2.45, 2.75) is 19.9 Å². The first-order valence-corrected chi connectivity index (χ1v) is 8.24. The summed E-state index contributed by atoms with van der Waals surface area (Å²) in [7, 11) is 0. The van der Waals surface area contributed by atoms with Gasteiger partial charge in [-0.3, -0.25) is 9.48 Å². The number of aryl methyl sites for hydroxylation is 1. The van der Waals surface area contributed by atoms with Crippen LogP contribution in [-0.4, -0.2) is 9.36 Å². The molecule has 0 N–H and O–H groups in total. The van der Waals surface area contributed by atoms with Gasteiger partial charge in [-0.25, -0.2) is 9.07 Å². The molecule has 0 aliphatic rings. The van der Waals surface area contributed by atoms with Gasteiger partial charge in [-0.15, -0.1) is 0 Å². The summed E-state index contributed by atoms with van der Waals surface area (Å²) in [5.74, 6) is -0.317. The lowest BCUT2D eigenvalue weighted by Gasteiger charge is -2.10. The third-order valence-corrected chi connectivity index (χ3v) is 4.11. The van der Waals surface area contributed by atoms with Gasteiger partial charge in [0.1, 0.15) is 5.82 Å². The summed E-state index contributed by atoms with van der Waals surface area (Å²) in [5.41, 5.74) is 2.04. The molecule has 0 atom stereocenters. The Bertz CT molecular complexity index is 881. The molecule has 0 spiro atoms. The Morgan fingerprint density at radius 1 is 1.13 bits per heavy atom. The van der Waals surface area contributed by atoms with E-state index in [9.17, 15) is 9.18 Å². The van der Waals surface area contributed by atoms with Gasteiger partial charge in [0.15, 0.2) is 0 Å². The molecule has 3 nitrogen and oxygen atoms in total. The Labute approximate surface area is 142 Å². The lowest BCUT2D eigenvalue weighted by Crippen LogP contribution is -2.21. The second-order valence-corrected chi connectivity index (χ2v) is 6.23. The maximum absolute atomic E-state index is 13.2. The highest BCUT2D eigenvalue weighted by Gasteiger charge is 2.14. The number of hydrogen-bond donors (Lipinski definition) is 0. The van der Waals surface area contributed by atoms with Crippen LogP contribution in [0.25, 0.3) is 16.8 Å². The van der Waals surface area contributed by atoms with Crippen LogP contribution >= 0.6 is 15.9 Å². The van der Waals surface area contributed by atoms with E-state index >= 15 is 0 Å². The van der Waals surface area contributed by atoms with Crippen LogP contribution in [0.2, 0.25) is 0 Å². The summed E-state index contributed by atoms with van der Waals surface area (Å²) in [6.45, 7) is 2.76. The fourth-order valence-electron chi connectivity index (χ4n) is 2.59. The monoisotopic (exact) mass is 374 g/mol. The second kappa shape index (κ2) is 6.54. The third-order valence-electron chi connectivity index (χ3n) is 3.62. The Hall–Kier alpha value is -2.14. The van der Waals surface area contributed by atoms with Gasteiger partial charge in [0.05, 0.1) is 11.3 Å². The van der Waals surface area contributed by atoms with Crippen molar-refractivity contribution in [3.8, 4) is 16.8 Å². The van der Waals surface area contributed by atoms with Gasteiger partial charge in [-0.1, -0.05) is 35.0 Å². The van der Waals surface area contributed by atoms with Gasteiger partial charge >= 0.3 is 0 Å². The van der Waals surface area contributed by atoms with Crippen molar-refractivity contribution in [1.82, 2.24) is 9.36 Å². The van der Waals surface area contributed by atoms with Crippen molar-refractivity contribution in [3.63, 3.8) is 0 Å². The topological polar surface area (TPSA) is 26.9 Å². The molecular formula is C18H16BrFN2O. The SMILES string of the molecule is CCCn1cc(-c2cccc(Br)c2)c(=O)n1-c1ccc(F)cc1. The smallest absolute Gasteiger partial charge is 0.279 e. The molecule has 118 valence electrons. The van der Waals surface area contributed by atoms with Crippen LogP contribution in [0.1, 0.15) is 13.3 Å². The van der Waals surface area contributed by atoms with E-state index in [1.54, 1.807) is 16.8 Å². The van der Waals surface area contributed by atoms with E-state index < -0.39 is 0 Å². The van der Waals surface area contributed by atoms with Crippen molar-refractivity contribution in [2.75, 3.05) is 0 Å². The highest BCUT2D eigenvalue weighted by molar-refractivity contribution is 9.10. The number of aromatic nitrogens is 2. The van der Waals surface area contributed by atoms with Gasteiger partial charge in [0.2, 0.25) is 0 Å². The first-order chi connectivity index (χ1) is 11.1. The zero-order chi connectivity index (χ0) is 16.4. The molecule has 0 fully saturated rings. The number of rotatable bonds is 4. The normalized spacial score (nSPS) is 10.9. The molecule has 1 aromatic heterocycles. The Kier molecular flexibility index (Phi) is 4.48. The van der Waals surface area contributed by atoms with E-state index in [4.69, 9.17) is 0 Å². The van der Waals surface area contributed by atoms with Gasteiger partial charge in [-0.2, -0.15) is 0 Å². The van der Waals surface area contributed by atoms with E-state index in [-0.39, 0.29) is 11.4 Å². The van der Waals surface area contributed by atoms with Crippen molar-refractivity contribution in [2.24, 2.45) is 0 Å². The summed E-state index contributed by atoms with van der Waals surface area (Å²) < 4.78 is 17.6. The van der Waals surface area contributed by atoms with Crippen molar-refractivity contribution >= 4 is 15.9 Å². The first-order valence-electron chi connectivity index (χ1n) is 7.44. The van der Waals surface area contributed by atoms with Crippen molar-refractivity contribution in [3.05, 3.63) is 75.4 Å². The minimum Gasteiger partial charge on any atom is -0.285 e. The second-order valence-electron chi connectivity index (χ2n) is 5.31. The van der Waals surface area contributed by atoms with Crippen molar-refractivity contribution < 1.29 is 4.39 Å². The molecule has 2 aromatic carbocycles. The summed E-state index contributed by atoms with van der Waals surface area (Å²) >= 11 is 3.44. The fourth-order valence-corrected chi connectivity index (χ4v) is 2.99. The van der Waals surface area contributed by atoms with Crippen LogP contribution in [0.5, 0.6) is 0 Å². The highest BCUT2D eigenvalue weighted by Crippen LogP contribution is 2.21. The summed E-state index contributed by atoms with van der Waals surface area (Å²) in [4.78, 5) is 12.9. The molecule has 23 heavy (non-hydrogen) atoms. The van der Waals surface area contributed by atoms with E-state index in [0.717, 1.165) is 16.5 Å². The summed E-state index contributed by atoms with van der Waals surface area (Å²) in [6.07, 6.45) is 2.75. The molecule has 1 heterocycles. The first kappa shape index (κ1) is 15.7. The van der Waals surface area contributed by atoms with Crippen LogP contribution < -0.4 is 5.56 Å². The van der Waals surface area contributed by atoms with E-state index in [0.29, 0.717) is 17.8 Å². The van der Waals surface area contributed by atoms with Crippen LogP contribution in [0.3, 0.4) is 0 Å². The molecule has 3 aromatic rings.